The Morgan fingerprint density at radius 3 is 2.27 bits per heavy atom. The third-order valence-corrected chi connectivity index (χ3v) is 7.60. The third-order valence-electron chi connectivity index (χ3n) is 7.60. The van der Waals surface area contributed by atoms with Gasteiger partial charge in [-0.2, -0.15) is 0 Å². The number of hydrogen-bond acceptors (Lipinski definition) is 5. The molecule has 0 fully saturated rings. The lowest BCUT2D eigenvalue weighted by Gasteiger charge is -2.33. The molecule has 5 heteroatoms. The van der Waals surface area contributed by atoms with Crippen LogP contribution in [0.4, 0.5) is 0 Å². The van der Waals surface area contributed by atoms with Gasteiger partial charge in [0.05, 0.1) is 12.8 Å². The molecule has 3 unspecified atom stereocenters. The van der Waals surface area contributed by atoms with Crippen LogP contribution in [0.1, 0.15) is 132 Å². The summed E-state index contributed by atoms with van der Waals surface area (Å²) in [5.41, 5.74) is 4.23. The van der Waals surface area contributed by atoms with E-state index in [1.54, 1.807) is 0 Å². The van der Waals surface area contributed by atoms with Crippen molar-refractivity contribution < 1.29 is 23.9 Å². The number of carbonyl (C=O) groups is 4. The van der Waals surface area contributed by atoms with Crippen LogP contribution in [0.15, 0.2) is 6.07 Å². The second-order valence-corrected chi connectivity index (χ2v) is 12.4. The monoisotopic (exact) mass is 512 g/mol. The number of carbonyl (C=O) groups excluding carboxylic acids is 4. The summed E-state index contributed by atoms with van der Waals surface area (Å²) in [7, 11) is 0. The fourth-order valence-corrected chi connectivity index (χ4v) is 6.12. The van der Waals surface area contributed by atoms with E-state index in [0.717, 1.165) is 59.9 Å². The lowest BCUT2D eigenvalue weighted by Crippen LogP contribution is -2.30. The number of fused-ring (bicyclic) bond motifs is 1. The molecule has 0 aliphatic heterocycles. The maximum atomic E-state index is 13.6. The summed E-state index contributed by atoms with van der Waals surface area (Å²) >= 11 is 0. The first-order chi connectivity index (χ1) is 17.2. The largest absolute Gasteiger partial charge is 0.460 e. The van der Waals surface area contributed by atoms with Gasteiger partial charge in [-0.1, -0.05) is 46.6 Å². The van der Waals surface area contributed by atoms with Crippen molar-refractivity contribution in [2.24, 2.45) is 17.8 Å². The first kappa shape index (κ1) is 30.9. The van der Waals surface area contributed by atoms with Crippen molar-refractivity contribution in [1.82, 2.24) is 0 Å². The summed E-state index contributed by atoms with van der Waals surface area (Å²) < 4.78 is 5.56. The SMILES string of the molecule is CCCC(CC1CC(=O)c2c(C)c(CC(=O)OC(C)(C)C)cc(C(C)C)c2C1)C(CC)C(=O)CC(C)=O. The summed E-state index contributed by atoms with van der Waals surface area (Å²) in [6, 6.07) is 2.10. The van der Waals surface area contributed by atoms with Gasteiger partial charge in [-0.15, -0.1) is 0 Å². The van der Waals surface area contributed by atoms with Gasteiger partial charge < -0.3 is 4.74 Å². The number of ether oxygens (including phenoxy) is 1. The number of hydrogen-bond donors (Lipinski definition) is 0. The molecule has 0 spiro atoms. The molecule has 0 saturated carbocycles. The Balaban J connectivity index is 2.39. The van der Waals surface area contributed by atoms with E-state index in [0.29, 0.717) is 6.42 Å². The molecule has 0 saturated heterocycles. The summed E-state index contributed by atoms with van der Waals surface area (Å²) in [4.78, 5) is 50.7. The molecule has 2 rings (SSSR count). The average Bonchev–Trinajstić information content (AvgIpc) is 2.74. The molecule has 5 nitrogen and oxygen atoms in total. The molecule has 0 aromatic heterocycles. The van der Waals surface area contributed by atoms with Crippen LogP contribution in [0.25, 0.3) is 0 Å². The Labute approximate surface area is 224 Å². The summed E-state index contributed by atoms with van der Waals surface area (Å²) in [6.07, 6.45) is 4.85. The molecule has 0 amide bonds. The lowest BCUT2D eigenvalue weighted by molar-refractivity contribution is -0.154. The highest BCUT2D eigenvalue weighted by Gasteiger charge is 2.35. The van der Waals surface area contributed by atoms with E-state index in [2.05, 4.69) is 26.8 Å². The molecule has 1 aromatic rings. The highest BCUT2D eigenvalue weighted by atomic mass is 16.6. The van der Waals surface area contributed by atoms with Gasteiger partial charge in [-0.3, -0.25) is 19.2 Å². The van der Waals surface area contributed by atoms with Crippen LogP contribution in [0, 0.1) is 24.7 Å². The van der Waals surface area contributed by atoms with E-state index in [9.17, 15) is 19.2 Å². The molecule has 1 aliphatic carbocycles. The first-order valence-corrected chi connectivity index (χ1v) is 14.1. The Bertz CT molecular complexity index is 1010. The van der Waals surface area contributed by atoms with Crippen LogP contribution in [-0.2, 0) is 32.0 Å². The van der Waals surface area contributed by atoms with Crippen LogP contribution in [0.3, 0.4) is 0 Å². The normalized spacial score (nSPS) is 17.4. The fourth-order valence-electron chi connectivity index (χ4n) is 6.12. The number of ketones is 3. The van der Waals surface area contributed by atoms with Crippen LogP contribution in [0.2, 0.25) is 0 Å². The second-order valence-electron chi connectivity index (χ2n) is 12.4. The first-order valence-electron chi connectivity index (χ1n) is 14.1. The van der Waals surface area contributed by atoms with Gasteiger partial charge in [-0.25, -0.2) is 0 Å². The molecule has 1 aromatic carbocycles. The highest BCUT2D eigenvalue weighted by Crippen LogP contribution is 2.40. The Hall–Kier alpha value is -2.30. The van der Waals surface area contributed by atoms with E-state index in [4.69, 9.17) is 4.74 Å². The van der Waals surface area contributed by atoms with Gasteiger partial charge in [0.15, 0.2) is 5.78 Å². The standard InChI is InChI=1S/C32H48O5/c1-10-12-23(25(11-2)28(34)13-20(5)33)14-22-15-27-26(19(3)4)17-24(18-30(36)37-32(7,8)9)21(6)31(27)29(35)16-22/h17,19,22-23,25H,10-16,18H2,1-9H3. The van der Waals surface area contributed by atoms with E-state index in [1.807, 2.05) is 34.6 Å². The zero-order valence-corrected chi connectivity index (χ0v) is 24.6. The summed E-state index contributed by atoms with van der Waals surface area (Å²) in [6.45, 7) is 17.4. The molecule has 37 heavy (non-hydrogen) atoms. The number of esters is 1. The third kappa shape index (κ3) is 8.35. The Morgan fingerprint density at radius 2 is 1.76 bits per heavy atom. The summed E-state index contributed by atoms with van der Waals surface area (Å²) in [5.74, 6) is 0.236. The van der Waals surface area contributed by atoms with Gasteiger partial charge in [0, 0.05) is 17.9 Å². The van der Waals surface area contributed by atoms with Crippen LogP contribution in [0.5, 0.6) is 0 Å². The number of rotatable bonds is 12. The van der Waals surface area contributed by atoms with Crippen molar-refractivity contribution in [3.63, 3.8) is 0 Å². The van der Waals surface area contributed by atoms with Gasteiger partial charge >= 0.3 is 5.97 Å². The lowest BCUT2D eigenvalue weighted by atomic mass is 9.70. The van der Waals surface area contributed by atoms with Crippen LogP contribution >= 0.6 is 0 Å². The maximum absolute atomic E-state index is 13.6. The zero-order valence-electron chi connectivity index (χ0n) is 24.6. The average molecular weight is 513 g/mol. The number of benzene rings is 1. The second kappa shape index (κ2) is 13.0. The molecular formula is C32H48O5. The van der Waals surface area contributed by atoms with E-state index < -0.39 is 5.60 Å². The fraction of sp³-hybridized carbons (Fsp3) is 0.688. The van der Waals surface area contributed by atoms with Gasteiger partial charge in [-0.05, 0) is 93.9 Å². The molecule has 0 N–H and O–H groups in total. The molecule has 0 radical (unpaired) electrons. The zero-order chi connectivity index (χ0) is 28.1. The van der Waals surface area contributed by atoms with Crippen molar-refractivity contribution in [3.8, 4) is 0 Å². The molecular weight excluding hydrogens is 464 g/mol. The smallest absolute Gasteiger partial charge is 0.310 e. The summed E-state index contributed by atoms with van der Waals surface area (Å²) in [5, 5.41) is 0. The van der Waals surface area contributed by atoms with Crippen LogP contribution in [-0.4, -0.2) is 28.9 Å². The van der Waals surface area contributed by atoms with Crippen molar-refractivity contribution in [2.45, 2.75) is 125 Å². The van der Waals surface area contributed by atoms with Crippen molar-refractivity contribution in [3.05, 3.63) is 33.9 Å². The predicted molar refractivity (Wildman–Crippen MR) is 148 cm³/mol. The van der Waals surface area contributed by atoms with Gasteiger partial charge in [0.2, 0.25) is 0 Å². The molecule has 1 aliphatic rings. The minimum absolute atomic E-state index is 0.00225. The Kier molecular flexibility index (Phi) is 10.8. The Morgan fingerprint density at radius 1 is 1.11 bits per heavy atom. The van der Waals surface area contributed by atoms with E-state index in [-0.39, 0.29) is 59.8 Å². The van der Waals surface area contributed by atoms with Crippen LogP contribution < -0.4 is 0 Å². The topological polar surface area (TPSA) is 77.5 Å². The molecule has 0 heterocycles. The minimum Gasteiger partial charge on any atom is -0.460 e. The predicted octanol–water partition coefficient (Wildman–Crippen LogP) is 7.13. The van der Waals surface area contributed by atoms with E-state index >= 15 is 0 Å². The molecule has 3 atom stereocenters. The number of Topliss-reactive ketones (excluding diaryl/α,β-unsaturated/α-hetero) is 3. The van der Waals surface area contributed by atoms with Crippen molar-refractivity contribution in [1.29, 1.82) is 0 Å². The maximum Gasteiger partial charge on any atom is 0.310 e. The molecule has 0 bridgehead atoms. The highest BCUT2D eigenvalue weighted by molar-refractivity contribution is 6.01. The quantitative estimate of drug-likeness (QED) is 0.220. The molecule has 206 valence electrons. The van der Waals surface area contributed by atoms with Gasteiger partial charge in [0.1, 0.15) is 17.2 Å². The van der Waals surface area contributed by atoms with E-state index in [1.165, 1.54) is 6.92 Å². The minimum atomic E-state index is -0.555. The van der Waals surface area contributed by atoms with Crippen molar-refractivity contribution >= 4 is 23.3 Å². The van der Waals surface area contributed by atoms with Gasteiger partial charge in [0.25, 0.3) is 0 Å². The van der Waals surface area contributed by atoms with Crippen molar-refractivity contribution in [2.75, 3.05) is 0 Å².